The summed E-state index contributed by atoms with van der Waals surface area (Å²) < 4.78 is 2.45. The molecule has 4 heteroatoms. The topological polar surface area (TPSA) is 33.1 Å². The number of hydrogen-bond donors (Lipinski definition) is 1. The quantitative estimate of drug-likeness (QED) is 0.896. The van der Waals surface area contributed by atoms with Crippen molar-refractivity contribution in [2.75, 3.05) is 19.6 Å². The van der Waals surface area contributed by atoms with E-state index in [2.05, 4.69) is 39.9 Å². The summed E-state index contributed by atoms with van der Waals surface area (Å²) in [5.41, 5.74) is 1.35. The van der Waals surface area contributed by atoms with Crippen LogP contribution in [0.4, 0.5) is 0 Å². The summed E-state index contributed by atoms with van der Waals surface area (Å²) in [6.07, 6.45) is 9.52. The number of nitrogens with one attached hydrogen (secondary N) is 1. The van der Waals surface area contributed by atoms with Gasteiger partial charge in [0.05, 0.1) is 18.1 Å². The van der Waals surface area contributed by atoms with Gasteiger partial charge in [-0.2, -0.15) is 0 Å². The van der Waals surface area contributed by atoms with Gasteiger partial charge in [0.1, 0.15) is 0 Å². The third kappa shape index (κ3) is 2.91. The normalized spacial score (nSPS) is 27.1. The summed E-state index contributed by atoms with van der Waals surface area (Å²) in [5, 5.41) is 3.55. The van der Waals surface area contributed by atoms with Gasteiger partial charge in [-0.25, -0.2) is 4.98 Å². The number of rotatable bonds is 5. The average Bonchev–Trinajstić information content (AvgIpc) is 3.04. The molecule has 3 rings (SSSR count). The van der Waals surface area contributed by atoms with Gasteiger partial charge in [0, 0.05) is 25.3 Å². The number of nitrogens with zero attached hydrogens (tertiary/aromatic N) is 3. The van der Waals surface area contributed by atoms with Gasteiger partial charge in [0.2, 0.25) is 0 Å². The molecule has 0 saturated carbocycles. The molecule has 0 spiro atoms. The van der Waals surface area contributed by atoms with Crippen molar-refractivity contribution >= 4 is 0 Å². The van der Waals surface area contributed by atoms with E-state index in [9.17, 15) is 0 Å². The van der Waals surface area contributed by atoms with Gasteiger partial charge >= 0.3 is 0 Å². The Morgan fingerprint density at radius 3 is 3.00 bits per heavy atom. The van der Waals surface area contributed by atoms with Crippen LogP contribution in [0.2, 0.25) is 0 Å². The molecule has 1 N–H and O–H groups in total. The fourth-order valence-electron chi connectivity index (χ4n) is 3.80. The third-order valence-electron chi connectivity index (χ3n) is 4.78. The summed E-state index contributed by atoms with van der Waals surface area (Å²) in [6.45, 7) is 9.10. The predicted molar refractivity (Wildman–Crippen MR) is 81.6 cm³/mol. The maximum atomic E-state index is 4.41. The zero-order valence-corrected chi connectivity index (χ0v) is 12.9. The van der Waals surface area contributed by atoms with Gasteiger partial charge in [-0.3, -0.25) is 4.90 Å². The van der Waals surface area contributed by atoms with Gasteiger partial charge in [-0.1, -0.05) is 20.3 Å². The van der Waals surface area contributed by atoms with E-state index in [1.807, 2.05) is 6.20 Å². The Morgan fingerprint density at radius 2 is 2.15 bits per heavy atom. The first-order chi connectivity index (χ1) is 9.75. The summed E-state index contributed by atoms with van der Waals surface area (Å²) in [6, 6.07) is 1.40. The molecule has 1 aromatic heterocycles. The third-order valence-corrected chi connectivity index (χ3v) is 4.78. The summed E-state index contributed by atoms with van der Waals surface area (Å²) in [4.78, 5) is 7.10. The molecule has 1 aromatic rings. The molecule has 0 aliphatic carbocycles. The van der Waals surface area contributed by atoms with E-state index in [4.69, 9.17) is 0 Å². The number of fused-ring (bicyclic) bond motifs is 1. The lowest BCUT2D eigenvalue weighted by Crippen LogP contribution is -2.38. The van der Waals surface area contributed by atoms with E-state index in [1.54, 1.807) is 0 Å². The molecule has 0 bridgehead atoms. The zero-order chi connectivity index (χ0) is 13.9. The molecule has 0 aromatic carbocycles. The minimum Gasteiger partial charge on any atom is -0.329 e. The fraction of sp³-hybridized carbons (Fsp3) is 0.812. The number of hydrogen-bond acceptors (Lipinski definition) is 3. The van der Waals surface area contributed by atoms with Gasteiger partial charge in [-0.15, -0.1) is 0 Å². The molecule has 3 heterocycles. The van der Waals surface area contributed by atoms with Crippen LogP contribution < -0.4 is 5.32 Å². The maximum absolute atomic E-state index is 4.41. The SMILES string of the molecule is CC(C)CNCc1cncn1C1CCN2CCCCC12. The molecule has 112 valence electrons. The van der Waals surface area contributed by atoms with Crippen molar-refractivity contribution < 1.29 is 0 Å². The lowest BCUT2D eigenvalue weighted by atomic mass is 9.99. The van der Waals surface area contributed by atoms with Crippen LogP contribution in [0.5, 0.6) is 0 Å². The van der Waals surface area contributed by atoms with Crippen molar-refractivity contribution in [1.29, 1.82) is 0 Å². The smallest absolute Gasteiger partial charge is 0.0951 e. The average molecular weight is 276 g/mol. The molecule has 2 unspecified atom stereocenters. The molecule has 0 radical (unpaired) electrons. The van der Waals surface area contributed by atoms with Gasteiger partial charge < -0.3 is 9.88 Å². The summed E-state index contributed by atoms with van der Waals surface area (Å²) >= 11 is 0. The Labute approximate surface area is 122 Å². The number of aromatic nitrogens is 2. The Balaban J connectivity index is 1.66. The van der Waals surface area contributed by atoms with Crippen LogP contribution >= 0.6 is 0 Å². The molecule has 2 saturated heterocycles. The molecular weight excluding hydrogens is 248 g/mol. The highest BCUT2D eigenvalue weighted by Gasteiger charge is 2.36. The Morgan fingerprint density at radius 1 is 1.25 bits per heavy atom. The van der Waals surface area contributed by atoms with Gasteiger partial charge in [0.25, 0.3) is 0 Å². The highest BCUT2D eigenvalue weighted by atomic mass is 15.3. The van der Waals surface area contributed by atoms with Crippen molar-refractivity contribution in [3.8, 4) is 0 Å². The maximum Gasteiger partial charge on any atom is 0.0951 e. The van der Waals surface area contributed by atoms with Crippen LogP contribution in [-0.4, -0.2) is 40.1 Å². The van der Waals surface area contributed by atoms with E-state index in [0.717, 1.165) is 19.1 Å². The molecule has 2 fully saturated rings. The molecule has 2 atom stereocenters. The number of piperidine rings is 1. The largest absolute Gasteiger partial charge is 0.329 e. The molecule has 20 heavy (non-hydrogen) atoms. The van der Waals surface area contributed by atoms with Gasteiger partial charge in [-0.05, 0) is 38.3 Å². The van der Waals surface area contributed by atoms with E-state index >= 15 is 0 Å². The first kappa shape index (κ1) is 14.1. The van der Waals surface area contributed by atoms with Crippen LogP contribution in [-0.2, 0) is 6.54 Å². The molecule has 2 aliphatic rings. The lowest BCUT2D eigenvalue weighted by Gasteiger charge is -2.33. The standard InChI is InChI=1S/C16H28N4/c1-13(2)9-17-10-14-11-18-12-20(14)16-6-8-19-7-4-3-5-15(16)19/h11-13,15-17H,3-10H2,1-2H3. The Kier molecular flexibility index (Phi) is 4.41. The van der Waals surface area contributed by atoms with E-state index in [1.165, 1.54) is 44.5 Å². The monoisotopic (exact) mass is 276 g/mol. The van der Waals surface area contributed by atoms with Crippen LogP contribution in [0, 0.1) is 5.92 Å². The first-order valence-corrected chi connectivity index (χ1v) is 8.21. The van der Waals surface area contributed by atoms with Crippen LogP contribution in [0.3, 0.4) is 0 Å². The summed E-state index contributed by atoms with van der Waals surface area (Å²) in [5.74, 6) is 0.701. The predicted octanol–water partition coefficient (Wildman–Crippen LogP) is 2.43. The first-order valence-electron chi connectivity index (χ1n) is 8.21. The molecule has 4 nitrogen and oxygen atoms in total. The second kappa shape index (κ2) is 6.27. The zero-order valence-electron chi connectivity index (χ0n) is 12.9. The van der Waals surface area contributed by atoms with Crippen LogP contribution in [0.15, 0.2) is 12.5 Å². The molecular formula is C16H28N4. The second-order valence-electron chi connectivity index (χ2n) is 6.77. The fourth-order valence-corrected chi connectivity index (χ4v) is 3.80. The minimum atomic E-state index is 0.647. The van der Waals surface area contributed by atoms with Gasteiger partial charge in [0.15, 0.2) is 0 Å². The lowest BCUT2D eigenvalue weighted by molar-refractivity contribution is 0.172. The van der Waals surface area contributed by atoms with Crippen molar-refractivity contribution in [3.05, 3.63) is 18.2 Å². The minimum absolute atomic E-state index is 0.647. The highest BCUT2D eigenvalue weighted by Crippen LogP contribution is 2.35. The van der Waals surface area contributed by atoms with Crippen molar-refractivity contribution in [1.82, 2.24) is 19.8 Å². The van der Waals surface area contributed by atoms with Crippen LogP contribution in [0.1, 0.15) is 51.3 Å². The number of imidazole rings is 1. The Bertz CT molecular complexity index is 426. The molecule has 0 amide bonds. The van der Waals surface area contributed by atoms with Crippen molar-refractivity contribution in [3.63, 3.8) is 0 Å². The highest BCUT2D eigenvalue weighted by molar-refractivity contribution is 5.05. The van der Waals surface area contributed by atoms with Crippen LogP contribution in [0.25, 0.3) is 0 Å². The Hall–Kier alpha value is -0.870. The van der Waals surface area contributed by atoms with E-state index in [0.29, 0.717) is 12.0 Å². The van der Waals surface area contributed by atoms with Crippen molar-refractivity contribution in [2.45, 2.75) is 58.2 Å². The molecule has 2 aliphatic heterocycles. The van der Waals surface area contributed by atoms with E-state index < -0.39 is 0 Å². The summed E-state index contributed by atoms with van der Waals surface area (Å²) in [7, 11) is 0. The van der Waals surface area contributed by atoms with Crippen molar-refractivity contribution in [2.24, 2.45) is 5.92 Å². The second-order valence-corrected chi connectivity index (χ2v) is 6.77. The van der Waals surface area contributed by atoms with E-state index in [-0.39, 0.29) is 0 Å².